The Kier molecular flexibility index (Phi) is 8.18. The van der Waals surface area contributed by atoms with Crippen LogP contribution in [-0.2, 0) is 13.0 Å². The molecular formula is C18H27N5OS. The Morgan fingerprint density at radius 3 is 2.72 bits per heavy atom. The summed E-state index contributed by atoms with van der Waals surface area (Å²) in [6, 6.07) is 3.90. The standard InChI is InChI=1S/C18H27N5OS/c1-4-10-24-16-7-6-15(12-21-16)13-23-18(19-5-2)20-9-8-17-22-11-14(3)25-17/h6-7,11-12H,4-5,8-10,13H2,1-3H3,(H2,19,20,23). The fraction of sp³-hybridized carbons (Fsp3) is 0.500. The quantitative estimate of drug-likeness (QED) is 0.531. The molecule has 0 fully saturated rings. The Morgan fingerprint density at radius 1 is 1.20 bits per heavy atom. The first-order chi connectivity index (χ1) is 12.2. The van der Waals surface area contributed by atoms with E-state index in [9.17, 15) is 0 Å². The van der Waals surface area contributed by atoms with Crippen LogP contribution in [0.3, 0.4) is 0 Å². The second kappa shape index (κ2) is 10.7. The summed E-state index contributed by atoms with van der Waals surface area (Å²) in [7, 11) is 0. The number of ether oxygens (including phenoxy) is 1. The van der Waals surface area contributed by atoms with Gasteiger partial charge in [0.15, 0.2) is 5.96 Å². The van der Waals surface area contributed by atoms with Crippen LogP contribution >= 0.6 is 11.3 Å². The van der Waals surface area contributed by atoms with Gasteiger partial charge in [0.1, 0.15) is 0 Å². The van der Waals surface area contributed by atoms with Gasteiger partial charge in [0.25, 0.3) is 0 Å². The van der Waals surface area contributed by atoms with E-state index in [1.165, 1.54) is 4.88 Å². The molecule has 2 heterocycles. The minimum atomic E-state index is 0.576. The summed E-state index contributed by atoms with van der Waals surface area (Å²) in [5.41, 5.74) is 1.05. The maximum Gasteiger partial charge on any atom is 0.213 e. The Labute approximate surface area is 153 Å². The van der Waals surface area contributed by atoms with Gasteiger partial charge in [-0.1, -0.05) is 13.0 Å². The predicted molar refractivity (Wildman–Crippen MR) is 103 cm³/mol. The summed E-state index contributed by atoms with van der Waals surface area (Å²) >= 11 is 1.74. The predicted octanol–water partition coefficient (Wildman–Crippen LogP) is 2.93. The van der Waals surface area contributed by atoms with E-state index in [4.69, 9.17) is 4.74 Å². The second-order valence-electron chi connectivity index (χ2n) is 5.59. The zero-order valence-corrected chi connectivity index (χ0v) is 16.0. The highest BCUT2D eigenvalue weighted by Crippen LogP contribution is 2.11. The SMILES string of the molecule is CCCOc1ccc(CN=C(NCC)NCCc2ncc(C)s2)cn1. The molecule has 0 aromatic carbocycles. The van der Waals surface area contributed by atoms with Crippen LogP contribution in [0.2, 0.25) is 0 Å². The fourth-order valence-electron chi connectivity index (χ4n) is 2.11. The molecule has 0 atom stereocenters. The smallest absolute Gasteiger partial charge is 0.213 e. The van der Waals surface area contributed by atoms with Crippen LogP contribution in [0.15, 0.2) is 29.5 Å². The summed E-state index contributed by atoms with van der Waals surface area (Å²) in [6.07, 6.45) is 5.61. The molecule has 136 valence electrons. The van der Waals surface area contributed by atoms with Gasteiger partial charge < -0.3 is 15.4 Å². The van der Waals surface area contributed by atoms with Crippen LogP contribution in [0.25, 0.3) is 0 Å². The van der Waals surface area contributed by atoms with E-state index in [1.807, 2.05) is 24.5 Å². The maximum atomic E-state index is 5.49. The van der Waals surface area contributed by atoms with E-state index >= 15 is 0 Å². The van der Waals surface area contributed by atoms with Gasteiger partial charge in [0, 0.05) is 42.8 Å². The van der Waals surface area contributed by atoms with Crippen molar-refractivity contribution in [2.45, 2.75) is 40.2 Å². The molecule has 0 radical (unpaired) electrons. The number of nitrogens with zero attached hydrogens (tertiary/aromatic N) is 3. The molecule has 0 saturated carbocycles. The first-order valence-corrected chi connectivity index (χ1v) is 9.54. The topological polar surface area (TPSA) is 71.4 Å². The molecule has 0 bridgehead atoms. The van der Waals surface area contributed by atoms with Crippen molar-refractivity contribution in [3.8, 4) is 5.88 Å². The average Bonchev–Trinajstić information content (AvgIpc) is 3.04. The highest BCUT2D eigenvalue weighted by atomic mass is 32.1. The number of nitrogens with one attached hydrogen (secondary N) is 2. The van der Waals surface area contributed by atoms with E-state index in [-0.39, 0.29) is 0 Å². The minimum Gasteiger partial charge on any atom is -0.478 e. The van der Waals surface area contributed by atoms with Crippen LogP contribution in [0.4, 0.5) is 0 Å². The van der Waals surface area contributed by atoms with Crippen molar-refractivity contribution in [2.24, 2.45) is 4.99 Å². The van der Waals surface area contributed by atoms with E-state index in [1.54, 1.807) is 11.3 Å². The number of pyridine rings is 1. The molecule has 6 nitrogen and oxygen atoms in total. The zero-order chi connectivity index (χ0) is 17.9. The van der Waals surface area contributed by atoms with Gasteiger partial charge in [-0.25, -0.2) is 15.0 Å². The monoisotopic (exact) mass is 361 g/mol. The second-order valence-corrected chi connectivity index (χ2v) is 6.91. The van der Waals surface area contributed by atoms with E-state index < -0.39 is 0 Å². The van der Waals surface area contributed by atoms with Crippen molar-refractivity contribution >= 4 is 17.3 Å². The summed E-state index contributed by atoms with van der Waals surface area (Å²) in [6.45, 7) is 9.11. The molecule has 2 rings (SSSR count). The third-order valence-electron chi connectivity index (χ3n) is 3.32. The summed E-state index contributed by atoms with van der Waals surface area (Å²) in [5, 5.41) is 7.75. The molecule has 0 spiro atoms. The Morgan fingerprint density at radius 2 is 2.08 bits per heavy atom. The fourth-order valence-corrected chi connectivity index (χ4v) is 2.90. The zero-order valence-electron chi connectivity index (χ0n) is 15.2. The lowest BCUT2D eigenvalue weighted by Gasteiger charge is -2.10. The number of hydrogen-bond donors (Lipinski definition) is 2. The van der Waals surface area contributed by atoms with E-state index in [0.717, 1.165) is 42.5 Å². The van der Waals surface area contributed by atoms with Crippen molar-refractivity contribution < 1.29 is 4.74 Å². The molecule has 0 saturated heterocycles. The summed E-state index contributed by atoms with van der Waals surface area (Å²) < 4.78 is 5.49. The maximum absolute atomic E-state index is 5.49. The van der Waals surface area contributed by atoms with Crippen LogP contribution in [0, 0.1) is 6.92 Å². The Balaban J connectivity index is 1.83. The number of rotatable bonds is 9. The van der Waals surface area contributed by atoms with E-state index in [0.29, 0.717) is 19.0 Å². The molecule has 0 aliphatic heterocycles. The molecule has 7 heteroatoms. The van der Waals surface area contributed by atoms with Crippen LogP contribution in [0.5, 0.6) is 5.88 Å². The number of aryl methyl sites for hydroxylation is 1. The van der Waals surface area contributed by atoms with Gasteiger partial charge in [0.05, 0.1) is 18.2 Å². The van der Waals surface area contributed by atoms with Crippen LogP contribution in [0.1, 0.15) is 35.7 Å². The Hall–Kier alpha value is -2.15. The van der Waals surface area contributed by atoms with Crippen molar-refractivity contribution in [3.05, 3.63) is 40.0 Å². The molecule has 0 amide bonds. The molecule has 25 heavy (non-hydrogen) atoms. The first kappa shape index (κ1) is 19.2. The highest BCUT2D eigenvalue weighted by Gasteiger charge is 2.02. The molecule has 2 N–H and O–H groups in total. The van der Waals surface area contributed by atoms with Gasteiger partial charge in [-0.3, -0.25) is 0 Å². The van der Waals surface area contributed by atoms with Crippen molar-refractivity contribution in [3.63, 3.8) is 0 Å². The number of aromatic nitrogens is 2. The number of thiazole rings is 1. The lowest BCUT2D eigenvalue weighted by Crippen LogP contribution is -2.38. The normalized spacial score (nSPS) is 11.4. The summed E-state index contributed by atoms with van der Waals surface area (Å²) in [4.78, 5) is 14.5. The first-order valence-electron chi connectivity index (χ1n) is 8.72. The van der Waals surface area contributed by atoms with Gasteiger partial charge in [-0.15, -0.1) is 11.3 Å². The largest absolute Gasteiger partial charge is 0.478 e. The Bertz CT molecular complexity index is 654. The third kappa shape index (κ3) is 7.09. The van der Waals surface area contributed by atoms with Crippen molar-refractivity contribution in [1.29, 1.82) is 0 Å². The molecule has 0 aliphatic carbocycles. The number of hydrogen-bond acceptors (Lipinski definition) is 5. The average molecular weight is 362 g/mol. The van der Waals surface area contributed by atoms with Gasteiger partial charge in [-0.05, 0) is 25.8 Å². The van der Waals surface area contributed by atoms with E-state index in [2.05, 4.69) is 46.4 Å². The molecule has 2 aromatic heterocycles. The summed E-state index contributed by atoms with van der Waals surface area (Å²) in [5.74, 6) is 1.47. The van der Waals surface area contributed by atoms with Gasteiger partial charge in [-0.2, -0.15) is 0 Å². The lowest BCUT2D eigenvalue weighted by molar-refractivity contribution is 0.305. The van der Waals surface area contributed by atoms with Crippen molar-refractivity contribution in [1.82, 2.24) is 20.6 Å². The minimum absolute atomic E-state index is 0.576. The van der Waals surface area contributed by atoms with Gasteiger partial charge >= 0.3 is 0 Å². The number of guanidine groups is 1. The highest BCUT2D eigenvalue weighted by molar-refractivity contribution is 7.11. The number of aliphatic imine (C=N–C) groups is 1. The van der Waals surface area contributed by atoms with Crippen LogP contribution in [-0.4, -0.2) is 35.6 Å². The molecule has 0 unspecified atom stereocenters. The molecule has 0 aliphatic rings. The molecule has 2 aromatic rings. The lowest BCUT2D eigenvalue weighted by atomic mass is 10.3. The van der Waals surface area contributed by atoms with Crippen molar-refractivity contribution in [2.75, 3.05) is 19.7 Å². The third-order valence-corrected chi connectivity index (χ3v) is 4.29. The van der Waals surface area contributed by atoms with Crippen LogP contribution < -0.4 is 15.4 Å². The molecular weight excluding hydrogens is 334 g/mol. The van der Waals surface area contributed by atoms with Gasteiger partial charge in [0.2, 0.25) is 5.88 Å².